The highest BCUT2D eigenvalue weighted by Crippen LogP contribution is 2.47. The van der Waals surface area contributed by atoms with Crippen LogP contribution in [0.2, 0.25) is 0 Å². The molecule has 0 radical (unpaired) electrons. The number of hydrogen-bond acceptors (Lipinski definition) is 8. The summed E-state index contributed by atoms with van der Waals surface area (Å²) >= 11 is 0. The van der Waals surface area contributed by atoms with Crippen LogP contribution in [0.1, 0.15) is 17.0 Å². The number of methoxy groups -OCH3 is 3. The first-order chi connectivity index (χ1) is 18.4. The van der Waals surface area contributed by atoms with Crippen LogP contribution in [0.15, 0.2) is 54.1 Å². The largest absolute Gasteiger partial charge is 0.497 e. The molecule has 0 fully saturated rings. The van der Waals surface area contributed by atoms with Gasteiger partial charge in [0.1, 0.15) is 36.1 Å². The normalized spacial score (nSPS) is 21.4. The van der Waals surface area contributed by atoms with Crippen LogP contribution in [0.25, 0.3) is 0 Å². The van der Waals surface area contributed by atoms with E-state index in [1.165, 1.54) is 12.0 Å². The fourth-order valence-electron chi connectivity index (χ4n) is 5.16. The molecular weight excluding hydrogens is 492 g/mol. The number of para-hydroxylation sites is 1. The zero-order chi connectivity index (χ0) is 27.2. The number of rotatable bonds is 11. The maximum absolute atomic E-state index is 13.3. The Balaban J connectivity index is 1.70. The van der Waals surface area contributed by atoms with Crippen molar-refractivity contribution in [3.63, 3.8) is 0 Å². The van der Waals surface area contributed by atoms with Crippen molar-refractivity contribution in [2.24, 2.45) is 0 Å². The number of ether oxygens (including phenoxy) is 4. The Labute approximate surface area is 221 Å². The Morgan fingerprint density at radius 1 is 1.11 bits per heavy atom. The Morgan fingerprint density at radius 2 is 1.89 bits per heavy atom. The van der Waals surface area contributed by atoms with Gasteiger partial charge in [0.2, 0.25) is 11.8 Å². The van der Waals surface area contributed by atoms with E-state index in [-0.39, 0.29) is 38.1 Å². The lowest BCUT2D eigenvalue weighted by molar-refractivity contribution is -0.141. The van der Waals surface area contributed by atoms with Crippen LogP contribution in [0.5, 0.6) is 17.2 Å². The Hall–Kier alpha value is -3.60. The second-order valence-electron chi connectivity index (χ2n) is 9.13. The van der Waals surface area contributed by atoms with Crippen LogP contribution >= 0.6 is 0 Å². The number of benzene rings is 2. The molecule has 0 unspecified atom stereocenters. The van der Waals surface area contributed by atoms with Crippen LogP contribution in [-0.4, -0.2) is 92.8 Å². The average Bonchev–Trinajstić information content (AvgIpc) is 3.33. The molecule has 2 aromatic carbocycles. The van der Waals surface area contributed by atoms with Crippen molar-refractivity contribution in [1.82, 2.24) is 10.2 Å². The summed E-state index contributed by atoms with van der Waals surface area (Å²) in [6, 6.07) is 11.9. The van der Waals surface area contributed by atoms with Gasteiger partial charge in [-0.3, -0.25) is 9.59 Å². The van der Waals surface area contributed by atoms with E-state index in [1.807, 2.05) is 24.3 Å². The molecule has 4 atom stereocenters. The molecule has 0 saturated heterocycles. The molecule has 1 aliphatic heterocycles. The van der Waals surface area contributed by atoms with Gasteiger partial charge < -0.3 is 39.4 Å². The summed E-state index contributed by atoms with van der Waals surface area (Å²) in [5.41, 5.74) is 1.98. The standard InChI is InChI=1S/C28H34N2O8/c1-35-16-24(32)30(12-10-17-14-18(36-2)8-9-22(17)37-3)21-15-20(28(34)29-11-13-31)25-19-6-4-5-7-23(19)38-27(25)26(21)33/h4-9,14-15,21,25-27,31,33H,10-13,16H2,1-3H3,(H,29,34)/t21-,25+,26+,27+/m1/s1. The highest BCUT2D eigenvalue weighted by Gasteiger charge is 2.50. The molecule has 1 aliphatic carbocycles. The minimum absolute atomic E-state index is 0.0746. The molecule has 10 heteroatoms. The molecule has 3 N–H and O–H groups in total. The van der Waals surface area contributed by atoms with Crippen molar-refractivity contribution in [2.45, 2.75) is 30.6 Å². The molecule has 38 heavy (non-hydrogen) atoms. The Morgan fingerprint density at radius 3 is 2.61 bits per heavy atom. The van der Waals surface area contributed by atoms with Gasteiger partial charge >= 0.3 is 0 Å². The van der Waals surface area contributed by atoms with Crippen LogP contribution in [0.4, 0.5) is 0 Å². The van der Waals surface area contributed by atoms with Crippen molar-refractivity contribution in [2.75, 3.05) is 47.6 Å². The van der Waals surface area contributed by atoms with Gasteiger partial charge in [0.25, 0.3) is 0 Å². The van der Waals surface area contributed by atoms with E-state index in [9.17, 15) is 19.8 Å². The predicted octanol–water partition coefficient (Wildman–Crippen LogP) is 1.04. The van der Waals surface area contributed by atoms with Crippen molar-refractivity contribution >= 4 is 11.8 Å². The molecule has 0 bridgehead atoms. The van der Waals surface area contributed by atoms with E-state index in [4.69, 9.17) is 18.9 Å². The fourth-order valence-corrected chi connectivity index (χ4v) is 5.16. The third kappa shape index (κ3) is 5.47. The van der Waals surface area contributed by atoms with Crippen molar-refractivity contribution in [1.29, 1.82) is 0 Å². The number of aliphatic hydroxyl groups is 2. The first-order valence-corrected chi connectivity index (χ1v) is 12.5. The average molecular weight is 527 g/mol. The van der Waals surface area contributed by atoms with Gasteiger partial charge in [0.05, 0.1) is 32.8 Å². The first-order valence-electron chi connectivity index (χ1n) is 12.5. The molecular formula is C28H34N2O8. The van der Waals surface area contributed by atoms with E-state index in [0.29, 0.717) is 29.2 Å². The maximum atomic E-state index is 13.3. The summed E-state index contributed by atoms with van der Waals surface area (Å²) < 4.78 is 22.1. The molecule has 0 saturated carbocycles. The second kappa shape index (κ2) is 12.3. The van der Waals surface area contributed by atoms with Crippen LogP contribution in [-0.2, 0) is 20.7 Å². The molecule has 0 aromatic heterocycles. The zero-order valence-corrected chi connectivity index (χ0v) is 21.8. The van der Waals surface area contributed by atoms with E-state index in [0.717, 1.165) is 11.1 Å². The number of fused-ring (bicyclic) bond motifs is 3. The minimum Gasteiger partial charge on any atom is -0.497 e. The topological polar surface area (TPSA) is 127 Å². The summed E-state index contributed by atoms with van der Waals surface area (Å²) in [5, 5.41) is 23.5. The van der Waals surface area contributed by atoms with E-state index < -0.39 is 24.2 Å². The predicted molar refractivity (Wildman–Crippen MR) is 138 cm³/mol. The van der Waals surface area contributed by atoms with E-state index >= 15 is 0 Å². The summed E-state index contributed by atoms with van der Waals surface area (Å²) in [6.45, 7) is -0.133. The number of carbonyl (C=O) groups excluding carboxylic acids is 2. The smallest absolute Gasteiger partial charge is 0.249 e. The van der Waals surface area contributed by atoms with E-state index in [1.54, 1.807) is 38.5 Å². The molecule has 2 aromatic rings. The van der Waals surface area contributed by atoms with Crippen LogP contribution in [0.3, 0.4) is 0 Å². The monoisotopic (exact) mass is 526 g/mol. The number of carbonyl (C=O) groups is 2. The molecule has 0 spiro atoms. The Bertz CT molecular complexity index is 1180. The number of hydrogen-bond donors (Lipinski definition) is 3. The fraction of sp³-hybridized carbons (Fsp3) is 0.429. The lowest BCUT2D eigenvalue weighted by atomic mass is 9.77. The second-order valence-corrected chi connectivity index (χ2v) is 9.13. The molecule has 2 amide bonds. The number of nitrogens with zero attached hydrogens (tertiary/aromatic N) is 1. The van der Waals surface area contributed by atoms with Gasteiger partial charge in [-0.1, -0.05) is 18.2 Å². The van der Waals surface area contributed by atoms with Gasteiger partial charge in [-0.15, -0.1) is 0 Å². The lowest BCUT2D eigenvalue weighted by Crippen LogP contribution is -2.56. The maximum Gasteiger partial charge on any atom is 0.249 e. The molecule has 10 nitrogen and oxygen atoms in total. The summed E-state index contributed by atoms with van der Waals surface area (Å²) in [5.74, 6) is 0.617. The summed E-state index contributed by atoms with van der Waals surface area (Å²) in [4.78, 5) is 28.0. The van der Waals surface area contributed by atoms with Crippen molar-refractivity contribution < 1.29 is 38.7 Å². The molecule has 1 heterocycles. The van der Waals surface area contributed by atoms with Crippen molar-refractivity contribution in [3.05, 3.63) is 65.2 Å². The minimum atomic E-state index is -1.12. The van der Waals surface area contributed by atoms with Gasteiger partial charge in [-0.05, 0) is 42.3 Å². The van der Waals surface area contributed by atoms with Crippen LogP contribution < -0.4 is 19.5 Å². The van der Waals surface area contributed by atoms with E-state index in [2.05, 4.69) is 5.32 Å². The Kier molecular flexibility index (Phi) is 8.88. The van der Waals surface area contributed by atoms with Gasteiger partial charge in [0, 0.05) is 31.3 Å². The molecule has 204 valence electrons. The van der Waals surface area contributed by atoms with Gasteiger partial charge in [0.15, 0.2) is 0 Å². The number of nitrogens with one attached hydrogen (secondary N) is 1. The number of aliphatic hydroxyl groups excluding tert-OH is 2. The van der Waals surface area contributed by atoms with Crippen LogP contribution in [0, 0.1) is 0 Å². The quantitative estimate of drug-likeness (QED) is 0.397. The SMILES string of the molecule is COCC(=O)N(CCc1cc(OC)ccc1OC)[C@@H]1C=C(C(=O)NCCO)[C@@H]2c3ccccc3O[C@@H]2[C@H]1O. The highest BCUT2D eigenvalue weighted by molar-refractivity contribution is 5.96. The van der Waals surface area contributed by atoms with Crippen molar-refractivity contribution in [3.8, 4) is 17.2 Å². The third-order valence-electron chi connectivity index (χ3n) is 6.93. The molecule has 2 aliphatic rings. The third-order valence-corrected chi connectivity index (χ3v) is 6.93. The van der Waals surface area contributed by atoms with Gasteiger partial charge in [-0.2, -0.15) is 0 Å². The highest BCUT2D eigenvalue weighted by atomic mass is 16.5. The first kappa shape index (κ1) is 27.4. The summed E-state index contributed by atoms with van der Waals surface area (Å²) in [6.07, 6.45) is 0.144. The number of amides is 2. The lowest BCUT2D eigenvalue weighted by Gasteiger charge is -2.40. The van der Waals surface area contributed by atoms with Gasteiger partial charge in [-0.25, -0.2) is 0 Å². The zero-order valence-electron chi connectivity index (χ0n) is 21.8. The summed E-state index contributed by atoms with van der Waals surface area (Å²) in [7, 11) is 4.57. The molecule has 4 rings (SSSR count).